The lowest BCUT2D eigenvalue weighted by Gasteiger charge is -2.22. The molecular formula is C9H17NOS. The maximum Gasteiger partial charge on any atom is 0.0249 e. The van der Waals surface area contributed by atoms with Crippen molar-refractivity contribution in [1.82, 2.24) is 5.32 Å². The fourth-order valence-electron chi connectivity index (χ4n) is 1.32. The van der Waals surface area contributed by atoms with Gasteiger partial charge < -0.3 is 5.32 Å². The van der Waals surface area contributed by atoms with E-state index in [1.165, 1.54) is 5.57 Å². The Balaban J connectivity index is 2.17. The third kappa shape index (κ3) is 3.50. The molecule has 0 saturated carbocycles. The van der Waals surface area contributed by atoms with Crippen molar-refractivity contribution >= 4 is 10.8 Å². The highest BCUT2D eigenvalue weighted by Crippen LogP contribution is 2.08. The lowest BCUT2D eigenvalue weighted by atomic mass is 10.1. The summed E-state index contributed by atoms with van der Waals surface area (Å²) in [7, 11) is -0.538. The van der Waals surface area contributed by atoms with Crippen molar-refractivity contribution in [3.8, 4) is 0 Å². The molecule has 0 bridgehead atoms. The van der Waals surface area contributed by atoms with E-state index in [0.29, 0.717) is 6.04 Å². The Morgan fingerprint density at radius 2 is 2.17 bits per heavy atom. The molecule has 0 atom stereocenters. The van der Waals surface area contributed by atoms with Gasteiger partial charge in [0.05, 0.1) is 0 Å². The molecule has 0 amide bonds. The highest BCUT2D eigenvalue weighted by molar-refractivity contribution is 7.85. The molecule has 1 aliphatic rings. The van der Waals surface area contributed by atoms with E-state index < -0.39 is 10.8 Å². The molecule has 1 rings (SSSR count). The molecule has 1 aliphatic heterocycles. The van der Waals surface area contributed by atoms with Gasteiger partial charge in [0.15, 0.2) is 0 Å². The lowest BCUT2D eigenvalue weighted by molar-refractivity contribution is 0.494. The predicted molar refractivity (Wildman–Crippen MR) is 53.7 cm³/mol. The van der Waals surface area contributed by atoms with Crippen LogP contribution in [0.25, 0.3) is 0 Å². The third-order valence-corrected chi connectivity index (χ3v) is 3.46. The number of rotatable bonds is 3. The first kappa shape index (κ1) is 9.93. The van der Waals surface area contributed by atoms with Crippen molar-refractivity contribution in [3.63, 3.8) is 0 Å². The van der Waals surface area contributed by atoms with Gasteiger partial charge in [0, 0.05) is 34.9 Å². The molecule has 12 heavy (non-hydrogen) atoms. The van der Waals surface area contributed by atoms with Crippen molar-refractivity contribution in [3.05, 3.63) is 12.2 Å². The maximum atomic E-state index is 11.0. The van der Waals surface area contributed by atoms with E-state index in [1.807, 2.05) is 6.92 Å². The second-order valence-electron chi connectivity index (χ2n) is 3.46. The van der Waals surface area contributed by atoms with Crippen LogP contribution in [0.5, 0.6) is 0 Å². The lowest BCUT2D eigenvalue weighted by Crippen LogP contribution is -2.36. The van der Waals surface area contributed by atoms with Gasteiger partial charge in [-0.2, -0.15) is 0 Å². The first-order valence-electron chi connectivity index (χ1n) is 4.41. The Labute approximate surface area is 76.9 Å². The zero-order chi connectivity index (χ0) is 8.97. The van der Waals surface area contributed by atoms with Crippen LogP contribution < -0.4 is 5.32 Å². The van der Waals surface area contributed by atoms with E-state index in [1.54, 1.807) is 0 Å². The average Bonchev–Trinajstić information content (AvgIpc) is 2.03. The molecule has 1 heterocycles. The second kappa shape index (κ2) is 4.77. The molecule has 0 radical (unpaired) electrons. The zero-order valence-electron chi connectivity index (χ0n) is 7.64. The molecule has 1 N–H and O–H groups in total. The van der Waals surface area contributed by atoms with E-state index in [0.717, 1.165) is 30.9 Å². The van der Waals surface area contributed by atoms with Gasteiger partial charge in [-0.15, -0.1) is 0 Å². The summed E-state index contributed by atoms with van der Waals surface area (Å²) in [5.74, 6) is 1.74. The first-order chi connectivity index (χ1) is 5.68. The van der Waals surface area contributed by atoms with Gasteiger partial charge in [0.25, 0.3) is 0 Å². The Hall–Kier alpha value is -0.150. The topological polar surface area (TPSA) is 29.1 Å². The molecule has 0 aliphatic carbocycles. The Bertz CT molecular complexity index is 181. The quantitative estimate of drug-likeness (QED) is 0.669. The smallest absolute Gasteiger partial charge is 0.0249 e. The highest BCUT2D eigenvalue weighted by atomic mass is 32.2. The molecule has 0 unspecified atom stereocenters. The van der Waals surface area contributed by atoms with Crippen molar-refractivity contribution in [2.75, 3.05) is 18.1 Å². The van der Waals surface area contributed by atoms with Crippen LogP contribution in [-0.2, 0) is 10.8 Å². The summed E-state index contributed by atoms with van der Waals surface area (Å²) < 4.78 is 11.0. The minimum atomic E-state index is -0.538. The van der Waals surface area contributed by atoms with Gasteiger partial charge in [-0.05, 0) is 19.8 Å². The monoisotopic (exact) mass is 187 g/mol. The Morgan fingerprint density at radius 3 is 2.67 bits per heavy atom. The standard InChI is InChI=1S/C9H17NOS/c1-8(2)7-10-9-3-5-12(11)6-4-9/h9-10H,1,3-7H2,2H3. The molecule has 2 nitrogen and oxygen atoms in total. The van der Waals surface area contributed by atoms with Gasteiger partial charge in [-0.3, -0.25) is 4.21 Å². The van der Waals surface area contributed by atoms with Gasteiger partial charge in [0.1, 0.15) is 0 Å². The van der Waals surface area contributed by atoms with Crippen LogP contribution in [0, 0.1) is 0 Å². The molecule has 3 heteroatoms. The van der Waals surface area contributed by atoms with E-state index in [9.17, 15) is 4.21 Å². The fourth-order valence-corrected chi connectivity index (χ4v) is 2.62. The van der Waals surface area contributed by atoms with E-state index >= 15 is 0 Å². The van der Waals surface area contributed by atoms with Gasteiger partial charge in [-0.1, -0.05) is 12.2 Å². The van der Waals surface area contributed by atoms with Crippen LogP contribution >= 0.6 is 0 Å². The molecule has 0 aromatic heterocycles. The Morgan fingerprint density at radius 1 is 1.58 bits per heavy atom. The van der Waals surface area contributed by atoms with E-state index in [-0.39, 0.29) is 0 Å². The van der Waals surface area contributed by atoms with Crippen molar-refractivity contribution in [1.29, 1.82) is 0 Å². The minimum absolute atomic E-state index is 0.538. The Kier molecular flexibility index (Phi) is 3.95. The van der Waals surface area contributed by atoms with Gasteiger partial charge >= 0.3 is 0 Å². The van der Waals surface area contributed by atoms with Crippen LogP contribution in [-0.4, -0.2) is 28.3 Å². The van der Waals surface area contributed by atoms with Crippen LogP contribution in [0.3, 0.4) is 0 Å². The fraction of sp³-hybridized carbons (Fsp3) is 0.778. The van der Waals surface area contributed by atoms with Crippen molar-refractivity contribution < 1.29 is 4.21 Å². The summed E-state index contributed by atoms with van der Waals surface area (Å²) in [6.07, 6.45) is 2.11. The zero-order valence-corrected chi connectivity index (χ0v) is 8.45. The summed E-state index contributed by atoms with van der Waals surface area (Å²) in [6, 6.07) is 0.569. The summed E-state index contributed by atoms with van der Waals surface area (Å²) in [5.41, 5.74) is 1.17. The average molecular weight is 187 g/mol. The molecule has 0 aromatic carbocycles. The summed E-state index contributed by atoms with van der Waals surface area (Å²) in [5, 5.41) is 3.41. The molecule has 70 valence electrons. The highest BCUT2D eigenvalue weighted by Gasteiger charge is 2.16. The van der Waals surface area contributed by atoms with Crippen molar-refractivity contribution in [2.24, 2.45) is 0 Å². The third-order valence-electron chi connectivity index (χ3n) is 2.08. The minimum Gasteiger partial charge on any atom is -0.310 e. The number of nitrogens with one attached hydrogen (secondary N) is 1. The predicted octanol–water partition coefficient (Wildman–Crippen LogP) is 1.06. The van der Waals surface area contributed by atoms with Crippen LogP contribution in [0.1, 0.15) is 19.8 Å². The molecule has 0 spiro atoms. The van der Waals surface area contributed by atoms with Crippen LogP contribution in [0.2, 0.25) is 0 Å². The van der Waals surface area contributed by atoms with Crippen LogP contribution in [0.4, 0.5) is 0 Å². The summed E-state index contributed by atoms with van der Waals surface area (Å²) in [6.45, 7) is 6.75. The van der Waals surface area contributed by atoms with Gasteiger partial charge in [0.2, 0.25) is 0 Å². The molecular weight excluding hydrogens is 170 g/mol. The normalized spacial score (nSPS) is 30.1. The van der Waals surface area contributed by atoms with E-state index in [2.05, 4.69) is 11.9 Å². The van der Waals surface area contributed by atoms with Crippen LogP contribution in [0.15, 0.2) is 12.2 Å². The number of hydrogen-bond acceptors (Lipinski definition) is 2. The van der Waals surface area contributed by atoms with E-state index in [4.69, 9.17) is 0 Å². The van der Waals surface area contributed by atoms with Gasteiger partial charge in [-0.25, -0.2) is 0 Å². The SMILES string of the molecule is C=C(C)CNC1CCS(=O)CC1. The maximum absolute atomic E-state index is 11.0. The van der Waals surface area contributed by atoms with Crippen molar-refractivity contribution in [2.45, 2.75) is 25.8 Å². The molecule has 0 aromatic rings. The number of hydrogen-bond donors (Lipinski definition) is 1. The summed E-state index contributed by atoms with van der Waals surface area (Å²) in [4.78, 5) is 0. The largest absolute Gasteiger partial charge is 0.310 e. The summed E-state index contributed by atoms with van der Waals surface area (Å²) >= 11 is 0. The molecule has 1 saturated heterocycles. The second-order valence-corrected chi connectivity index (χ2v) is 5.16. The molecule has 1 fully saturated rings. The first-order valence-corrected chi connectivity index (χ1v) is 5.90.